The molecule has 0 radical (unpaired) electrons. The van der Waals surface area contributed by atoms with Crippen molar-refractivity contribution >= 4 is 27.3 Å². The molecular formula is C13H18N2O3S. The van der Waals surface area contributed by atoms with Crippen LogP contribution in [0.15, 0.2) is 23.4 Å². The number of benzene rings is 1. The molecule has 3 N–H and O–H groups in total. The van der Waals surface area contributed by atoms with Crippen LogP contribution in [0, 0.1) is 0 Å². The van der Waals surface area contributed by atoms with Gasteiger partial charge in [0.05, 0.1) is 19.1 Å². The van der Waals surface area contributed by atoms with E-state index >= 15 is 0 Å². The molecule has 0 saturated heterocycles. The molecule has 19 heavy (non-hydrogen) atoms. The van der Waals surface area contributed by atoms with E-state index < -0.39 is 0 Å². The lowest BCUT2D eigenvalue weighted by molar-refractivity contribution is 0.319. The lowest BCUT2D eigenvalue weighted by atomic mass is 10.2. The molecule has 0 amide bonds. The molecule has 0 aliphatic carbocycles. The number of nitrogens with two attached hydrogens (primary N) is 1. The van der Waals surface area contributed by atoms with Crippen LogP contribution in [-0.4, -0.2) is 25.3 Å². The van der Waals surface area contributed by atoms with Crippen molar-refractivity contribution < 1.29 is 14.7 Å². The summed E-state index contributed by atoms with van der Waals surface area (Å²) in [6.07, 6.45) is 0. The third-order valence-electron chi connectivity index (χ3n) is 2.38. The summed E-state index contributed by atoms with van der Waals surface area (Å²) in [5, 5.41) is 12.6. The van der Waals surface area contributed by atoms with Crippen LogP contribution < -0.4 is 15.2 Å². The van der Waals surface area contributed by atoms with Crippen LogP contribution in [0.1, 0.15) is 18.7 Å². The molecule has 0 aliphatic heterocycles. The fraction of sp³-hybridized carbons (Fsp3) is 0.308. The number of amidine groups is 1. The van der Waals surface area contributed by atoms with Crippen LogP contribution in [0.4, 0.5) is 0 Å². The molecule has 1 heterocycles. The molecule has 5 nitrogen and oxygen atoms in total. The standard InChI is InChI=1S/C11H12N2O3S.C2H6/c1-15-7-3-6-4-10(11(12)13-14)17-9(6)5-8(7)16-2;1-2/h3-5,14H,1-2H3,(H2,12,13);1-2H3. The number of hydrogen-bond donors (Lipinski definition) is 2. The van der Waals surface area contributed by atoms with Gasteiger partial charge in [-0.2, -0.15) is 0 Å². The van der Waals surface area contributed by atoms with Gasteiger partial charge in [0.15, 0.2) is 17.3 Å². The van der Waals surface area contributed by atoms with E-state index in [1.165, 1.54) is 11.3 Å². The van der Waals surface area contributed by atoms with Gasteiger partial charge in [0.1, 0.15) is 0 Å². The number of fused-ring (bicyclic) bond motifs is 1. The van der Waals surface area contributed by atoms with Crippen molar-refractivity contribution in [3.05, 3.63) is 23.1 Å². The first-order chi connectivity index (χ1) is 9.19. The van der Waals surface area contributed by atoms with Crippen LogP contribution in [0.3, 0.4) is 0 Å². The van der Waals surface area contributed by atoms with Crippen LogP contribution in [0.5, 0.6) is 11.5 Å². The Kier molecular flexibility index (Phi) is 5.44. The van der Waals surface area contributed by atoms with E-state index in [9.17, 15) is 0 Å². The Morgan fingerprint density at radius 1 is 1.16 bits per heavy atom. The van der Waals surface area contributed by atoms with Gasteiger partial charge in [-0.25, -0.2) is 0 Å². The van der Waals surface area contributed by atoms with Gasteiger partial charge in [-0.15, -0.1) is 11.3 Å². The molecule has 0 bridgehead atoms. The highest BCUT2D eigenvalue weighted by Crippen LogP contribution is 2.36. The van der Waals surface area contributed by atoms with Gasteiger partial charge in [-0.3, -0.25) is 0 Å². The van der Waals surface area contributed by atoms with E-state index in [0.29, 0.717) is 16.4 Å². The second-order valence-corrected chi connectivity index (χ2v) is 4.42. The molecule has 2 aromatic rings. The molecule has 1 aromatic carbocycles. The molecule has 0 aliphatic rings. The van der Waals surface area contributed by atoms with Crippen LogP contribution in [-0.2, 0) is 0 Å². The minimum absolute atomic E-state index is 0.101. The summed E-state index contributed by atoms with van der Waals surface area (Å²) < 4.78 is 11.4. The molecule has 0 spiro atoms. The van der Waals surface area contributed by atoms with Crippen molar-refractivity contribution in [3.63, 3.8) is 0 Å². The van der Waals surface area contributed by atoms with E-state index in [0.717, 1.165) is 10.1 Å². The number of nitrogens with zero attached hydrogens (tertiary/aromatic N) is 1. The van der Waals surface area contributed by atoms with E-state index in [4.69, 9.17) is 20.4 Å². The molecular weight excluding hydrogens is 264 g/mol. The highest BCUT2D eigenvalue weighted by Gasteiger charge is 2.10. The Morgan fingerprint density at radius 3 is 2.26 bits per heavy atom. The Hall–Kier alpha value is -1.95. The topological polar surface area (TPSA) is 77.1 Å². The molecule has 0 unspecified atom stereocenters. The van der Waals surface area contributed by atoms with Gasteiger partial charge < -0.3 is 20.4 Å². The summed E-state index contributed by atoms with van der Waals surface area (Å²) >= 11 is 1.43. The molecule has 6 heteroatoms. The van der Waals surface area contributed by atoms with Crippen molar-refractivity contribution in [3.8, 4) is 11.5 Å². The van der Waals surface area contributed by atoms with Gasteiger partial charge in [0.25, 0.3) is 0 Å². The Balaban J connectivity index is 0.000000861. The third-order valence-corrected chi connectivity index (χ3v) is 3.50. The number of rotatable bonds is 3. The summed E-state index contributed by atoms with van der Waals surface area (Å²) in [7, 11) is 3.17. The highest BCUT2D eigenvalue weighted by molar-refractivity contribution is 7.20. The van der Waals surface area contributed by atoms with Gasteiger partial charge in [-0.1, -0.05) is 19.0 Å². The smallest absolute Gasteiger partial charge is 0.180 e. The predicted molar refractivity (Wildman–Crippen MR) is 78.8 cm³/mol. The summed E-state index contributed by atoms with van der Waals surface area (Å²) in [5.74, 6) is 1.42. The lowest BCUT2D eigenvalue weighted by Crippen LogP contribution is -2.10. The van der Waals surface area contributed by atoms with Gasteiger partial charge in [0, 0.05) is 10.8 Å². The van der Waals surface area contributed by atoms with Crippen molar-refractivity contribution in [2.24, 2.45) is 10.9 Å². The van der Waals surface area contributed by atoms with Gasteiger partial charge >= 0.3 is 0 Å². The van der Waals surface area contributed by atoms with Crippen LogP contribution in [0.25, 0.3) is 10.1 Å². The molecule has 104 valence electrons. The quantitative estimate of drug-likeness (QED) is 0.392. The largest absolute Gasteiger partial charge is 0.493 e. The Bertz CT molecular complexity index is 538. The maximum absolute atomic E-state index is 8.64. The first-order valence-electron chi connectivity index (χ1n) is 5.83. The average Bonchev–Trinajstić information content (AvgIpc) is 2.89. The predicted octanol–water partition coefficient (Wildman–Crippen LogP) is 3.04. The van der Waals surface area contributed by atoms with E-state index in [1.54, 1.807) is 14.2 Å². The number of hydrogen-bond acceptors (Lipinski definition) is 5. The molecule has 2 rings (SSSR count). The van der Waals surface area contributed by atoms with Crippen molar-refractivity contribution in [2.75, 3.05) is 14.2 Å². The van der Waals surface area contributed by atoms with Crippen molar-refractivity contribution in [2.45, 2.75) is 13.8 Å². The Labute approximate surface area is 116 Å². The zero-order chi connectivity index (χ0) is 14.4. The zero-order valence-corrected chi connectivity index (χ0v) is 12.2. The second kappa shape index (κ2) is 6.84. The van der Waals surface area contributed by atoms with E-state index in [-0.39, 0.29) is 5.84 Å². The summed E-state index contributed by atoms with van der Waals surface area (Å²) in [6, 6.07) is 5.57. The SMILES string of the molecule is CC.COc1cc2cc(/C(N)=N/O)sc2cc1OC. The molecule has 0 fully saturated rings. The minimum Gasteiger partial charge on any atom is -0.493 e. The number of ether oxygens (including phenoxy) is 2. The van der Waals surface area contributed by atoms with Gasteiger partial charge in [-0.05, 0) is 17.5 Å². The average molecular weight is 282 g/mol. The number of thiophene rings is 1. The number of methoxy groups -OCH3 is 2. The van der Waals surface area contributed by atoms with Crippen molar-refractivity contribution in [1.29, 1.82) is 0 Å². The summed E-state index contributed by atoms with van der Waals surface area (Å²) in [5.41, 5.74) is 5.55. The minimum atomic E-state index is 0.101. The highest BCUT2D eigenvalue weighted by atomic mass is 32.1. The monoisotopic (exact) mass is 282 g/mol. The second-order valence-electron chi connectivity index (χ2n) is 3.34. The number of oxime groups is 1. The fourth-order valence-electron chi connectivity index (χ4n) is 1.54. The lowest BCUT2D eigenvalue weighted by Gasteiger charge is -2.06. The van der Waals surface area contributed by atoms with E-state index in [1.807, 2.05) is 32.0 Å². The third kappa shape index (κ3) is 3.08. The maximum atomic E-state index is 8.64. The van der Waals surface area contributed by atoms with E-state index in [2.05, 4.69) is 5.16 Å². The molecule has 0 saturated carbocycles. The van der Waals surface area contributed by atoms with Crippen LogP contribution >= 0.6 is 11.3 Å². The Morgan fingerprint density at radius 2 is 1.74 bits per heavy atom. The maximum Gasteiger partial charge on any atom is 0.180 e. The first kappa shape index (κ1) is 15.1. The first-order valence-corrected chi connectivity index (χ1v) is 6.64. The fourth-order valence-corrected chi connectivity index (χ4v) is 2.51. The van der Waals surface area contributed by atoms with Crippen LogP contribution in [0.2, 0.25) is 0 Å². The summed E-state index contributed by atoms with van der Waals surface area (Å²) in [4.78, 5) is 0.706. The molecule has 1 aromatic heterocycles. The normalized spacial score (nSPS) is 10.8. The molecule has 0 atom stereocenters. The summed E-state index contributed by atoms with van der Waals surface area (Å²) in [6.45, 7) is 4.00. The van der Waals surface area contributed by atoms with Gasteiger partial charge in [0.2, 0.25) is 0 Å². The zero-order valence-electron chi connectivity index (χ0n) is 11.4. The van der Waals surface area contributed by atoms with Crippen molar-refractivity contribution in [1.82, 2.24) is 0 Å².